The predicted octanol–water partition coefficient (Wildman–Crippen LogP) is 1.44. The SMILES string of the molecule is Cc1nn(C(C)C(=O)O)cc1I. The van der Waals surface area contributed by atoms with E-state index in [2.05, 4.69) is 27.7 Å². The molecule has 0 saturated heterocycles. The number of aliphatic carboxylic acids is 1. The second-order valence-electron chi connectivity index (χ2n) is 2.56. The molecule has 0 aliphatic rings. The summed E-state index contributed by atoms with van der Waals surface area (Å²) in [7, 11) is 0. The van der Waals surface area contributed by atoms with Crippen molar-refractivity contribution in [2.24, 2.45) is 0 Å². The Bertz CT molecular complexity index is 289. The van der Waals surface area contributed by atoms with Gasteiger partial charge in [-0.1, -0.05) is 0 Å². The average Bonchev–Trinajstić information content (AvgIpc) is 2.30. The van der Waals surface area contributed by atoms with Crippen LogP contribution in [0.4, 0.5) is 0 Å². The van der Waals surface area contributed by atoms with Gasteiger partial charge in [-0.3, -0.25) is 4.68 Å². The van der Waals surface area contributed by atoms with Crippen molar-refractivity contribution in [3.05, 3.63) is 15.5 Å². The molecule has 5 heteroatoms. The summed E-state index contributed by atoms with van der Waals surface area (Å²) in [5.74, 6) is -0.867. The van der Waals surface area contributed by atoms with Gasteiger partial charge in [-0.15, -0.1) is 0 Å². The highest BCUT2D eigenvalue weighted by Crippen LogP contribution is 2.12. The zero-order chi connectivity index (χ0) is 9.30. The molecule has 0 bridgehead atoms. The highest BCUT2D eigenvalue weighted by molar-refractivity contribution is 14.1. The fraction of sp³-hybridized carbons (Fsp3) is 0.429. The molecule has 4 nitrogen and oxygen atoms in total. The smallest absolute Gasteiger partial charge is 0.328 e. The van der Waals surface area contributed by atoms with Crippen molar-refractivity contribution in [3.63, 3.8) is 0 Å². The van der Waals surface area contributed by atoms with Crippen LogP contribution in [-0.2, 0) is 4.79 Å². The summed E-state index contributed by atoms with van der Waals surface area (Å²) in [5, 5.41) is 12.7. The minimum absolute atomic E-state index is 0.591. The van der Waals surface area contributed by atoms with Gasteiger partial charge in [-0.05, 0) is 36.4 Å². The summed E-state index contributed by atoms with van der Waals surface area (Å²) >= 11 is 2.13. The largest absolute Gasteiger partial charge is 0.480 e. The van der Waals surface area contributed by atoms with Gasteiger partial charge in [-0.25, -0.2) is 4.79 Å². The molecule has 1 rings (SSSR count). The summed E-state index contributed by atoms with van der Waals surface area (Å²) in [6.45, 7) is 3.46. The number of aryl methyl sites for hydroxylation is 1. The van der Waals surface area contributed by atoms with Gasteiger partial charge in [0.25, 0.3) is 0 Å². The maximum absolute atomic E-state index is 10.6. The average molecular weight is 280 g/mol. The fourth-order valence-electron chi connectivity index (χ4n) is 0.771. The van der Waals surface area contributed by atoms with Gasteiger partial charge < -0.3 is 5.11 Å². The van der Waals surface area contributed by atoms with Crippen LogP contribution in [0.2, 0.25) is 0 Å². The molecule has 0 saturated carbocycles. The summed E-state index contributed by atoms with van der Waals surface area (Å²) in [6, 6.07) is -0.591. The summed E-state index contributed by atoms with van der Waals surface area (Å²) in [5.41, 5.74) is 0.865. The third kappa shape index (κ3) is 1.77. The Balaban J connectivity index is 2.96. The quantitative estimate of drug-likeness (QED) is 0.834. The minimum Gasteiger partial charge on any atom is -0.480 e. The van der Waals surface area contributed by atoms with Gasteiger partial charge >= 0.3 is 5.97 Å². The van der Waals surface area contributed by atoms with Gasteiger partial charge in [0.2, 0.25) is 0 Å². The van der Waals surface area contributed by atoms with Crippen molar-refractivity contribution in [2.45, 2.75) is 19.9 Å². The molecule has 0 aliphatic heterocycles. The van der Waals surface area contributed by atoms with Gasteiger partial charge in [0, 0.05) is 6.20 Å². The monoisotopic (exact) mass is 280 g/mol. The van der Waals surface area contributed by atoms with Crippen LogP contribution in [0.3, 0.4) is 0 Å². The number of hydrogen-bond acceptors (Lipinski definition) is 2. The number of carbonyl (C=O) groups is 1. The van der Waals surface area contributed by atoms with E-state index in [0.717, 1.165) is 9.26 Å². The third-order valence-corrected chi connectivity index (χ3v) is 2.67. The molecule has 0 spiro atoms. The lowest BCUT2D eigenvalue weighted by molar-refractivity contribution is -0.140. The lowest BCUT2D eigenvalue weighted by Crippen LogP contribution is -2.15. The van der Waals surface area contributed by atoms with Crippen molar-refractivity contribution in [1.82, 2.24) is 9.78 Å². The highest BCUT2D eigenvalue weighted by atomic mass is 127. The molecule has 0 radical (unpaired) electrons. The van der Waals surface area contributed by atoms with Gasteiger partial charge in [0.15, 0.2) is 0 Å². The normalized spacial score (nSPS) is 12.9. The predicted molar refractivity (Wildman–Crippen MR) is 52.0 cm³/mol. The molecular formula is C7H9IN2O2. The van der Waals surface area contributed by atoms with Crippen LogP contribution in [0.5, 0.6) is 0 Å². The minimum atomic E-state index is -0.867. The molecular weight excluding hydrogens is 271 g/mol. The number of halogens is 1. The van der Waals surface area contributed by atoms with E-state index in [4.69, 9.17) is 5.11 Å². The Hall–Kier alpha value is -0.590. The molecule has 66 valence electrons. The molecule has 1 N–H and O–H groups in total. The van der Waals surface area contributed by atoms with E-state index in [9.17, 15) is 4.79 Å². The lowest BCUT2D eigenvalue weighted by atomic mass is 10.4. The molecule has 1 unspecified atom stereocenters. The second-order valence-corrected chi connectivity index (χ2v) is 3.72. The van der Waals surface area contributed by atoms with E-state index in [1.54, 1.807) is 13.1 Å². The van der Waals surface area contributed by atoms with E-state index < -0.39 is 12.0 Å². The Morgan fingerprint density at radius 3 is 2.75 bits per heavy atom. The number of carboxylic acid groups (broad SMARTS) is 1. The summed E-state index contributed by atoms with van der Waals surface area (Å²) in [4.78, 5) is 10.6. The molecule has 0 fully saturated rings. The first-order valence-corrected chi connectivity index (χ1v) is 4.54. The maximum Gasteiger partial charge on any atom is 0.328 e. The Morgan fingerprint density at radius 2 is 2.42 bits per heavy atom. The van der Waals surface area contributed by atoms with Gasteiger partial charge in [0.1, 0.15) is 6.04 Å². The van der Waals surface area contributed by atoms with Crippen LogP contribution >= 0.6 is 22.6 Å². The van der Waals surface area contributed by atoms with Crippen LogP contribution in [0.25, 0.3) is 0 Å². The van der Waals surface area contributed by atoms with Crippen molar-refractivity contribution < 1.29 is 9.90 Å². The molecule has 1 aromatic heterocycles. The molecule has 12 heavy (non-hydrogen) atoms. The fourth-order valence-corrected chi connectivity index (χ4v) is 1.16. The number of rotatable bonds is 2. The van der Waals surface area contributed by atoms with E-state index >= 15 is 0 Å². The molecule has 1 atom stereocenters. The Morgan fingerprint density at radius 1 is 1.83 bits per heavy atom. The van der Waals surface area contributed by atoms with Crippen molar-refractivity contribution in [2.75, 3.05) is 0 Å². The van der Waals surface area contributed by atoms with Crippen LogP contribution in [-0.4, -0.2) is 20.9 Å². The second kappa shape index (κ2) is 3.42. The number of carboxylic acids is 1. The van der Waals surface area contributed by atoms with E-state index in [1.165, 1.54) is 4.68 Å². The first kappa shape index (κ1) is 9.50. The van der Waals surface area contributed by atoms with E-state index in [0.29, 0.717) is 0 Å². The zero-order valence-corrected chi connectivity index (χ0v) is 8.94. The maximum atomic E-state index is 10.6. The molecule has 1 aromatic rings. The molecule has 0 aliphatic carbocycles. The van der Waals surface area contributed by atoms with Crippen LogP contribution in [0.1, 0.15) is 18.7 Å². The van der Waals surface area contributed by atoms with Crippen molar-refractivity contribution in [1.29, 1.82) is 0 Å². The third-order valence-electron chi connectivity index (χ3n) is 1.61. The number of aromatic nitrogens is 2. The lowest BCUT2D eigenvalue weighted by Gasteiger charge is -2.04. The van der Waals surface area contributed by atoms with Crippen molar-refractivity contribution >= 4 is 28.6 Å². The zero-order valence-electron chi connectivity index (χ0n) is 6.78. The van der Waals surface area contributed by atoms with Gasteiger partial charge in [-0.2, -0.15) is 5.10 Å². The number of nitrogens with zero attached hydrogens (tertiary/aromatic N) is 2. The Labute approximate surface area is 83.7 Å². The first-order chi connectivity index (χ1) is 5.52. The highest BCUT2D eigenvalue weighted by Gasteiger charge is 2.14. The standard InChI is InChI=1S/C7H9IN2O2/c1-4-6(8)3-10(9-4)5(2)7(11)12/h3,5H,1-2H3,(H,11,12). The van der Waals surface area contributed by atoms with E-state index in [-0.39, 0.29) is 0 Å². The molecule has 1 heterocycles. The van der Waals surface area contributed by atoms with Gasteiger partial charge in [0.05, 0.1) is 9.26 Å². The van der Waals surface area contributed by atoms with E-state index in [1.807, 2.05) is 6.92 Å². The topological polar surface area (TPSA) is 55.1 Å². The summed E-state index contributed by atoms with van der Waals surface area (Å²) < 4.78 is 2.44. The molecule has 0 amide bonds. The first-order valence-electron chi connectivity index (χ1n) is 3.46. The number of hydrogen-bond donors (Lipinski definition) is 1. The molecule has 0 aromatic carbocycles. The Kier molecular flexibility index (Phi) is 2.71. The van der Waals surface area contributed by atoms with Crippen molar-refractivity contribution in [3.8, 4) is 0 Å². The summed E-state index contributed by atoms with van der Waals surface area (Å²) in [6.07, 6.45) is 1.73. The van der Waals surface area contributed by atoms with Crippen LogP contribution in [0.15, 0.2) is 6.20 Å². The van der Waals surface area contributed by atoms with Crippen LogP contribution < -0.4 is 0 Å². The van der Waals surface area contributed by atoms with Crippen LogP contribution in [0, 0.1) is 10.5 Å².